The monoisotopic (exact) mass is 173 g/mol. The SMILES string of the molecule is CC#CN(C(C)=O)c1ccccc1. The van der Waals surface area contributed by atoms with Gasteiger partial charge in [-0.15, -0.1) is 0 Å². The minimum atomic E-state index is -0.0689. The van der Waals surface area contributed by atoms with Crippen LogP contribution in [0.15, 0.2) is 30.3 Å². The van der Waals surface area contributed by atoms with Gasteiger partial charge in [-0.1, -0.05) is 24.1 Å². The molecule has 1 rings (SSSR count). The molecule has 0 aliphatic heterocycles. The van der Waals surface area contributed by atoms with Gasteiger partial charge in [0.1, 0.15) is 0 Å². The quantitative estimate of drug-likeness (QED) is 0.470. The molecule has 13 heavy (non-hydrogen) atoms. The van der Waals surface area contributed by atoms with Gasteiger partial charge in [0.25, 0.3) is 0 Å². The van der Waals surface area contributed by atoms with E-state index in [1.165, 1.54) is 11.8 Å². The van der Waals surface area contributed by atoms with E-state index in [4.69, 9.17) is 0 Å². The summed E-state index contributed by atoms with van der Waals surface area (Å²) in [6, 6.07) is 12.1. The summed E-state index contributed by atoms with van der Waals surface area (Å²) < 4.78 is 0. The van der Waals surface area contributed by atoms with Gasteiger partial charge in [-0.2, -0.15) is 0 Å². The van der Waals surface area contributed by atoms with Gasteiger partial charge in [0.15, 0.2) is 0 Å². The molecule has 0 atom stereocenters. The average Bonchev–Trinajstić information content (AvgIpc) is 2.15. The van der Waals surface area contributed by atoms with Gasteiger partial charge in [0.05, 0.1) is 5.69 Å². The molecule has 1 aromatic carbocycles. The first-order chi connectivity index (χ1) is 6.25. The van der Waals surface area contributed by atoms with Crippen molar-refractivity contribution in [1.29, 1.82) is 0 Å². The molecule has 0 bridgehead atoms. The van der Waals surface area contributed by atoms with Crippen LogP contribution in [-0.4, -0.2) is 5.91 Å². The Morgan fingerprint density at radius 3 is 2.38 bits per heavy atom. The van der Waals surface area contributed by atoms with Crippen molar-refractivity contribution in [3.05, 3.63) is 30.3 Å². The second-order valence-electron chi connectivity index (χ2n) is 2.55. The van der Waals surface area contributed by atoms with E-state index >= 15 is 0 Å². The third kappa shape index (κ3) is 2.34. The van der Waals surface area contributed by atoms with Crippen LogP contribution in [0.2, 0.25) is 0 Å². The number of benzene rings is 1. The Morgan fingerprint density at radius 1 is 1.31 bits per heavy atom. The molecule has 0 N–H and O–H groups in total. The zero-order valence-corrected chi connectivity index (χ0v) is 7.74. The lowest BCUT2D eigenvalue weighted by Gasteiger charge is -2.12. The summed E-state index contributed by atoms with van der Waals surface area (Å²) in [5, 5.41) is 0. The fourth-order valence-corrected chi connectivity index (χ4v) is 1.01. The highest BCUT2D eigenvalue weighted by Crippen LogP contribution is 2.11. The molecule has 0 saturated carbocycles. The van der Waals surface area contributed by atoms with Gasteiger partial charge in [-0.25, -0.2) is 4.90 Å². The first kappa shape index (κ1) is 9.34. The van der Waals surface area contributed by atoms with Crippen molar-refractivity contribution in [1.82, 2.24) is 0 Å². The number of hydrogen-bond acceptors (Lipinski definition) is 1. The Labute approximate surface area is 78.2 Å². The molecule has 0 spiro atoms. The first-order valence-corrected chi connectivity index (χ1v) is 4.04. The fourth-order valence-electron chi connectivity index (χ4n) is 1.01. The molecule has 2 nitrogen and oxygen atoms in total. The van der Waals surface area contributed by atoms with Crippen LogP contribution >= 0.6 is 0 Å². The van der Waals surface area contributed by atoms with E-state index in [-0.39, 0.29) is 5.91 Å². The van der Waals surface area contributed by atoms with Crippen molar-refractivity contribution in [3.63, 3.8) is 0 Å². The Kier molecular flexibility index (Phi) is 3.10. The average molecular weight is 173 g/mol. The highest BCUT2D eigenvalue weighted by Gasteiger charge is 2.06. The summed E-state index contributed by atoms with van der Waals surface area (Å²) in [6.07, 6.45) is 0. The molecule has 1 amide bonds. The summed E-state index contributed by atoms with van der Waals surface area (Å²) in [7, 11) is 0. The van der Waals surface area contributed by atoms with Crippen molar-refractivity contribution >= 4 is 11.6 Å². The maximum absolute atomic E-state index is 11.2. The van der Waals surface area contributed by atoms with Gasteiger partial charge < -0.3 is 0 Å². The molecule has 2 heteroatoms. The minimum Gasteiger partial charge on any atom is -0.274 e. The summed E-state index contributed by atoms with van der Waals surface area (Å²) in [6.45, 7) is 3.20. The Balaban J connectivity index is 3.00. The number of carbonyl (C=O) groups is 1. The molecule has 0 aromatic heterocycles. The number of nitrogens with zero attached hydrogens (tertiary/aromatic N) is 1. The van der Waals surface area contributed by atoms with E-state index in [0.717, 1.165) is 5.69 Å². The van der Waals surface area contributed by atoms with Crippen LogP contribution < -0.4 is 4.90 Å². The van der Waals surface area contributed by atoms with Gasteiger partial charge in [0, 0.05) is 13.0 Å². The standard InChI is InChI=1S/C11H11NO/c1-3-9-12(10(2)13)11-7-5-4-6-8-11/h4-8H,1-2H3. The van der Waals surface area contributed by atoms with Crippen molar-refractivity contribution in [3.8, 4) is 12.0 Å². The molecule has 1 aromatic rings. The summed E-state index contributed by atoms with van der Waals surface area (Å²) in [5.74, 6) is 2.63. The predicted molar refractivity (Wildman–Crippen MR) is 53.1 cm³/mol. The van der Waals surface area contributed by atoms with Crippen LogP contribution in [0.4, 0.5) is 5.69 Å². The third-order valence-corrected chi connectivity index (χ3v) is 1.55. The molecule has 0 unspecified atom stereocenters. The Morgan fingerprint density at radius 2 is 1.92 bits per heavy atom. The molecule has 66 valence electrons. The highest BCUT2D eigenvalue weighted by atomic mass is 16.2. The highest BCUT2D eigenvalue weighted by molar-refractivity contribution is 5.94. The molecular weight excluding hydrogens is 162 g/mol. The zero-order chi connectivity index (χ0) is 9.68. The lowest BCUT2D eigenvalue weighted by atomic mass is 10.3. The Bertz CT molecular complexity index is 345. The van der Waals surface area contributed by atoms with Crippen LogP contribution in [-0.2, 0) is 4.79 Å². The second kappa shape index (κ2) is 4.32. The minimum absolute atomic E-state index is 0.0689. The summed E-state index contributed by atoms with van der Waals surface area (Å²) in [5.41, 5.74) is 0.810. The third-order valence-electron chi connectivity index (χ3n) is 1.55. The van der Waals surface area contributed by atoms with Gasteiger partial charge >= 0.3 is 0 Å². The predicted octanol–water partition coefficient (Wildman–Crippen LogP) is 2.02. The normalized spacial score (nSPS) is 8.46. The molecule has 0 aliphatic rings. The van der Waals surface area contributed by atoms with Crippen molar-refractivity contribution in [2.45, 2.75) is 13.8 Å². The van der Waals surface area contributed by atoms with E-state index in [1.54, 1.807) is 6.92 Å². The maximum atomic E-state index is 11.2. The lowest BCUT2D eigenvalue weighted by molar-refractivity contribution is -0.115. The van der Waals surface area contributed by atoms with Gasteiger partial charge in [-0.05, 0) is 19.1 Å². The number of rotatable bonds is 1. The first-order valence-electron chi connectivity index (χ1n) is 4.04. The van der Waals surface area contributed by atoms with Crippen LogP contribution in [0.5, 0.6) is 0 Å². The molecule has 0 aliphatic carbocycles. The summed E-state index contributed by atoms with van der Waals surface area (Å²) >= 11 is 0. The van der Waals surface area contributed by atoms with Gasteiger partial charge in [-0.3, -0.25) is 4.79 Å². The van der Waals surface area contributed by atoms with E-state index < -0.39 is 0 Å². The number of anilines is 1. The number of hydrogen-bond donors (Lipinski definition) is 0. The molecular formula is C11H11NO. The Hall–Kier alpha value is -1.75. The van der Waals surface area contributed by atoms with E-state index in [9.17, 15) is 4.79 Å². The number of para-hydroxylation sites is 1. The molecule has 0 fully saturated rings. The molecule has 0 radical (unpaired) electrons. The number of carbonyl (C=O) groups excluding carboxylic acids is 1. The smallest absolute Gasteiger partial charge is 0.235 e. The van der Waals surface area contributed by atoms with Gasteiger partial charge in [0.2, 0.25) is 5.91 Å². The lowest BCUT2D eigenvalue weighted by Crippen LogP contribution is -2.22. The van der Waals surface area contributed by atoms with Crippen molar-refractivity contribution in [2.75, 3.05) is 4.90 Å². The largest absolute Gasteiger partial charge is 0.274 e. The van der Waals surface area contributed by atoms with E-state index in [1.807, 2.05) is 30.3 Å². The van der Waals surface area contributed by atoms with E-state index in [2.05, 4.69) is 12.0 Å². The van der Waals surface area contributed by atoms with E-state index in [0.29, 0.717) is 0 Å². The fraction of sp³-hybridized carbons (Fsp3) is 0.182. The van der Waals surface area contributed by atoms with Crippen LogP contribution in [0.25, 0.3) is 0 Å². The molecule has 0 saturated heterocycles. The topological polar surface area (TPSA) is 20.3 Å². The maximum Gasteiger partial charge on any atom is 0.235 e. The van der Waals surface area contributed by atoms with Crippen molar-refractivity contribution in [2.24, 2.45) is 0 Å². The zero-order valence-electron chi connectivity index (χ0n) is 7.74. The van der Waals surface area contributed by atoms with Crippen molar-refractivity contribution < 1.29 is 4.79 Å². The second-order valence-corrected chi connectivity index (χ2v) is 2.55. The number of amides is 1. The van der Waals surface area contributed by atoms with Crippen LogP contribution in [0, 0.1) is 12.0 Å². The van der Waals surface area contributed by atoms with Crippen LogP contribution in [0.3, 0.4) is 0 Å². The van der Waals surface area contributed by atoms with Crippen LogP contribution in [0.1, 0.15) is 13.8 Å². The molecule has 0 heterocycles. The summed E-state index contributed by atoms with van der Waals surface area (Å²) in [4.78, 5) is 12.6.